The number of hydrogen-bond acceptors (Lipinski definition) is 4. The van der Waals surface area contributed by atoms with Gasteiger partial charge in [0.2, 0.25) is 11.6 Å². The normalized spacial score (nSPS) is 12.2. The number of hydrogen-bond donors (Lipinski definition) is 2. The minimum atomic E-state index is -5.36. The van der Waals surface area contributed by atoms with Crippen LogP contribution in [0.1, 0.15) is 33.6 Å². The van der Waals surface area contributed by atoms with E-state index < -0.39 is 44.0 Å². The molecule has 0 aliphatic heterocycles. The van der Waals surface area contributed by atoms with Gasteiger partial charge in [0.15, 0.2) is 22.2 Å². The first-order chi connectivity index (χ1) is 11.5. The van der Waals surface area contributed by atoms with Crippen molar-refractivity contribution in [2.24, 2.45) is 0 Å². The Labute approximate surface area is 144 Å². The third-order valence-electron chi connectivity index (χ3n) is 3.22. The Morgan fingerprint density at radius 1 is 1.08 bits per heavy atom. The van der Waals surface area contributed by atoms with E-state index in [1.165, 1.54) is 6.08 Å². The van der Waals surface area contributed by atoms with E-state index in [4.69, 9.17) is 9.29 Å². The van der Waals surface area contributed by atoms with Gasteiger partial charge in [-0.2, -0.15) is 17.2 Å². The lowest BCUT2D eigenvalue weighted by Crippen LogP contribution is -2.09. The average molecular weight is 380 g/mol. The molecule has 0 heterocycles. The number of benzene rings is 1. The highest BCUT2D eigenvalue weighted by Crippen LogP contribution is 2.37. The molecule has 9 heteroatoms. The van der Waals surface area contributed by atoms with Crippen LogP contribution in [-0.2, 0) is 10.1 Å². The summed E-state index contributed by atoms with van der Waals surface area (Å²) in [5.41, 5.74) is 2.01. The highest BCUT2D eigenvalue weighted by atomic mass is 32.2. The van der Waals surface area contributed by atoms with Crippen molar-refractivity contribution in [1.29, 1.82) is 0 Å². The van der Waals surface area contributed by atoms with Crippen molar-refractivity contribution in [3.05, 3.63) is 40.7 Å². The summed E-state index contributed by atoms with van der Waals surface area (Å²) in [4.78, 5) is -1.87. The van der Waals surface area contributed by atoms with E-state index in [1.807, 2.05) is 19.9 Å². The minimum absolute atomic E-state index is 0.321. The summed E-state index contributed by atoms with van der Waals surface area (Å²) in [5, 5.41) is 9.37. The maximum atomic E-state index is 13.9. The zero-order valence-corrected chi connectivity index (χ0v) is 14.8. The molecule has 0 saturated carbocycles. The van der Waals surface area contributed by atoms with Crippen molar-refractivity contribution < 1.29 is 36.0 Å². The summed E-state index contributed by atoms with van der Waals surface area (Å²) in [6.45, 7) is 5.35. The van der Waals surface area contributed by atoms with Gasteiger partial charge < -0.3 is 9.84 Å². The van der Waals surface area contributed by atoms with Gasteiger partial charge >= 0.3 is 10.1 Å². The van der Waals surface area contributed by atoms with Crippen molar-refractivity contribution in [3.63, 3.8) is 0 Å². The Hall–Kier alpha value is -2.00. The van der Waals surface area contributed by atoms with Crippen LogP contribution in [0.5, 0.6) is 11.5 Å². The lowest BCUT2D eigenvalue weighted by molar-refractivity contribution is 0.291. The fourth-order valence-electron chi connectivity index (χ4n) is 1.93. The molecule has 0 amide bonds. The number of rotatable bonds is 7. The molecule has 140 valence electrons. The molecule has 0 atom stereocenters. The van der Waals surface area contributed by atoms with Crippen LogP contribution in [0.25, 0.3) is 0 Å². The van der Waals surface area contributed by atoms with Crippen LogP contribution in [0, 0.1) is 17.5 Å². The first kappa shape index (κ1) is 21.0. The maximum absolute atomic E-state index is 13.9. The highest BCUT2D eigenvalue weighted by Gasteiger charge is 2.32. The second kappa shape index (κ2) is 8.39. The summed E-state index contributed by atoms with van der Waals surface area (Å²) in [6, 6.07) is 0. The molecule has 0 saturated heterocycles. The molecule has 1 rings (SSSR count). The fourth-order valence-corrected chi connectivity index (χ4v) is 2.58. The van der Waals surface area contributed by atoms with Gasteiger partial charge in [0, 0.05) is 0 Å². The number of phenols is 1. The van der Waals surface area contributed by atoms with Gasteiger partial charge in [-0.15, -0.1) is 0 Å². The zero-order chi connectivity index (χ0) is 19.4. The Morgan fingerprint density at radius 2 is 1.68 bits per heavy atom. The third kappa shape index (κ3) is 5.50. The highest BCUT2D eigenvalue weighted by molar-refractivity contribution is 7.86. The van der Waals surface area contributed by atoms with Gasteiger partial charge in [0.25, 0.3) is 0 Å². The molecule has 1 aromatic rings. The van der Waals surface area contributed by atoms with Gasteiger partial charge in [-0.1, -0.05) is 17.2 Å². The predicted molar refractivity (Wildman–Crippen MR) is 85.7 cm³/mol. The summed E-state index contributed by atoms with van der Waals surface area (Å²) in [7, 11) is -5.36. The van der Waals surface area contributed by atoms with Crippen LogP contribution in [0.3, 0.4) is 0 Å². The molecule has 25 heavy (non-hydrogen) atoms. The van der Waals surface area contributed by atoms with Gasteiger partial charge in [-0.05, 0) is 39.7 Å². The van der Waals surface area contributed by atoms with Crippen LogP contribution in [0.4, 0.5) is 13.2 Å². The van der Waals surface area contributed by atoms with Crippen LogP contribution < -0.4 is 4.74 Å². The number of ether oxygens (including phenoxy) is 1. The van der Waals surface area contributed by atoms with Gasteiger partial charge in [-0.25, -0.2) is 4.39 Å². The van der Waals surface area contributed by atoms with Crippen LogP contribution >= 0.6 is 0 Å². The van der Waals surface area contributed by atoms with Crippen molar-refractivity contribution in [2.45, 2.75) is 38.5 Å². The smallest absolute Gasteiger partial charge is 0.301 e. The van der Waals surface area contributed by atoms with Crippen molar-refractivity contribution in [1.82, 2.24) is 0 Å². The molecule has 5 nitrogen and oxygen atoms in total. The second-order valence-corrected chi connectivity index (χ2v) is 6.96. The Balaban J connectivity index is 3.00. The summed E-state index contributed by atoms with van der Waals surface area (Å²) >= 11 is 0. The molecule has 0 aliphatic rings. The SMILES string of the molecule is CC(C)=CCC/C(C)=C\COc1c(F)c(O)c(S(=O)(=O)O)c(F)c1F. The average Bonchev–Trinajstić information content (AvgIpc) is 2.47. The molecule has 0 fully saturated rings. The Morgan fingerprint density at radius 3 is 2.20 bits per heavy atom. The Kier molecular flexibility index (Phi) is 7.06. The Bertz CT molecular complexity index is 781. The first-order valence-electron chi connectivity index (χ1n) is 7.25. The van der Waals surface area contributed by atoms with E-state index in [0.29, 0.717) is 6.42 Å². The predicted octanol–water partition coefficient (Wildman–Crippen LogP) is 4.13. The van der Waals surface area contributed by atoms with Crippen LogP contribution in [0.2, 0.25) is 0 Å². The molecular formula is C16H19F3O5S. The number of allylic oxidation sites excluding steroid dienone is 3. The topological polar surface area (TPSA) is 83.8 Å². The molecule has 0 bridgehead atoms. The van der Waals surface area contributed by atoms with E-state index in [9.17, 15) is 26.7 Å². The zero-order valence-electron chi connectivity index (χ0n) is 13.9. The number of halogens is 3. The molecule has 0 aliphatic carbocycles. The monoisotopic (exact) mass is 380 g/mol. The van der Waals surface area contributed by atoms with E-state index >= 15 is 0 Å². The van der Waals surface area contributed by atoms with Crippen LogP contribution in [-0.4, -0.2) is 24.7 Å². The maximum Gasteiger partial charge on any atom is 0.301 e. The molecule has 0 unspecified atom stereocenters. The fraction of sp³-hybridized carbons (Fsp3) is 0.375. The third-order valence-corrected chi connectivity index (χ3v) is 4.11. The van der Waals surface area contributed by atoms with Crippen molar-refractivity contribution in [2.75, 3.05) is 6.61 Å². The number of phenolic OH excluding ortho intramolecular Hbond substituents is 1. The van der Waals surface area contributed by atoms with Crippen LogP contribution in [0.15, 0.2) is 28.2 Å². The standard InChI is InChI=1S/C16H19F3O5S/c1-9(2)5-4-6-10(3)7-8-24-15-11(17)12(18)16(25(21,22)23)14(20)13(15)19/h5,7,20H,4,6,8H2,1-3H3,(H,21,22,23)/b10-7-. The van der Waals surface area contributed by atoms with Crippen molar-refractivity contribution in [3.8, 4) is 11.5 Å². The summed E-state index contributed by atoms with van der Waals surface area (Å²) in [5.74, 6) is -8.92. The molecule has 0 spiro atoms. The van der Waals surface area contributed by atoms with E-state index in [1.54, 1.807) is 6.92 Å². The van der Waals surface area contributed by atoms with E-state index in [-0.39, 0.29) is 6.61 Å². The molecule has 0 radical (unpaired) electrons. The largest absolute Gasteiger partial charge is 0.504 e. The molecular weight excluding hydrogens is 361 g/mol. The second-order valence-electron chi connectivity index (χ2n) is 5.61. The summed E-state index contributed by atoms with van der Waals surface area (Å²) in [6.07, 6.45) is 4.98. The van der Waals surface area contributed by atoms with Crippen molar-refractivity contribution >= 4 is 10.1 Å². The van der Waals surface area contributed by atoms with Gasteiger partial charge in [0.05, 0.1) is 0 Å². The summed E-state index contributed by atoms with van der Waals surface area (Å²) < 4.78 is 76.7. The lowest BCUT2D eigenvalue weighted by Gasteiger charge is -2.11. The molecule has 1 aromatic carbocycles. The van der Waals surface area contributed by atoms with Gasteiger partial charge in [0.1, 0.15) is 6.61 Å². The lowest BCUT2D eigenvalue weighted by atomic mass is 10.1. The first-order valence-corrected chi connectivity index (χ1v) is 8.69. The van der Waals surface area contributed by atoms with E-state index in [0.717, 1.165) is 17.6 Å². The molecule has 2 N–H and O–H groups in total. The quantitative estimate of drug-likeness (QED) is 0.422. The minimum Gasteiger partial charge on any atom is -0.504 e. The van der Waals surface area contributed by atoms with Gasteiger partial charge in [-0.3, -0.25) is 4.55 Å². The molecule has 0 aromatic heterocycles. The van der Waals surface area contributed by atoms with E-state index in [2.05, 4.69) is 0 Å². The number of aromatic hydroxyl groups is 1.